The molecule has 13 heteroatoms. The van der Waals surface area contributed by atoms with E-state index in [0.717, 1.165) is 29.1 Å². The number of aliphatic hydroxyl groups excluding tert-OH is 1. The van der Waals surface area contributed by atoms with Crippen LogP contribution >= 0.6 is 0 Å². The summed E-state index contributed by atoms with van der Waals surface area (Å²) in [5.74, 6) is 3.80. The lowest BCUT2D eigenvalue weighted by atomic mass is 9.99. The van der Waals surface area contributed by atoms with Crippen molar-refractivity contribution in [2.45, 2.75) is 117 Å². The van der Waals surface area contributed by atoms with Crippen LogP contribution in [0.1, 0.15) is 87.7 Å². The average molecular weight is 688 g/mol. The topological polar surface area (TPSA) is 139 Å². The van der Waals surface area contributed by atoms with Crippen molar-refractivity contribution < 1.29 is 14.6 Å². The highest BCUT2D eigenvalue weighted by atomic mass is 28.3. The molecule has 0 saturated carbocycles. The second kappa shape index (κ2) is 17.5. The Hall–Kier alpha value is -4.15. The Balaban J connectivity index is 1.45. The van der Waals surface area contributed by atoms with Crippen molar-refractivity contribution in [1.29, 1.82) is 0 Å². The molecule has 12 nitrogen and oxygen atoms in total. The van der Waals surface area contributed by atoms with Gasteiger partial charge in [0.05, 0.1) is 42.4 Å². The van der Waals surface area contributed by atoms with Gasteiger partial charge in [0.2, 0.25) is 0 Å². The lowest BCUT2D eigenvalue weighted by Gasteiger charge is -2.20. The number of benzene rings is 1. The summed E-state index contributed by atoms with van der Waals surface area (Å²) in [6, 6.07) is 9.79. The maximum atomic E-state index is 11.9. The number of carbonyl (C=O) groups is 1. The molecule has 0 aliphatic carbocycles. The highest BCUT2D eigenvalue weighted by Gasteiger charge is 2.24. The lowest BCUT2D eigenvalue weighted by molar-refractivity contribution is -0.140. The van der Waals surface area contributed by atoms with Crippen LogP contribution < -0.4 is 0 Å². The third kappa shape index (κ3) is 12.0. The fourth-order valence-corrected chi connectivity index (χ4v) is 6.36. The number of aliphatic hydroxyl groups is 1. The summed E-state index contributed by atoms with van der Waals surface area (Å²) in [6.07, 6.45) is 9.34. The number of hydrogen-bond donors (Lipinski definition) is 1. The Bertz CT molecular complexity index is 1660. The van der Waals surface area contributed by atoms with Gasteiger partial charge in [-0.1, -0.05) is 99.2 Å². The van der Waals surface area contributed by atoms with Crippen molar-refractivity contribution in [2.75, 3.05) is 7.11 Å². The minimum absolute atomic E-state index is 0.0281. The zero-order valence-electron chi connectivity index (χ0n) is 30.3. The molecular formula is C36H53N9O3Si. The third-order valence-corrected chi connectivity index (χ3v) is 9.20. The first-order valence-electron chi connectivity index (χ1n) is 17.3. The molecule has 0 aliphatic rings. The number of hydrogen-bond acceptors (Lipinski definition) is 9. The van der Waals surface area contributed by atoms with Gasteiger partial charge in [0.15, 0.2) is 0 Å². The summed E-state index contributed by atoms with van der Waals surface area (Å²) in [5.41, 5.74) is 7.00. The second-order valence-electron chi connectivity index (χ2n) is 14.8. The van der Waals surface area contributed by atoms with E-state index in [0.29, 0.717) is 38.0 Å². The fourth-order valence-electron chi connectivity index (χ4n) is 5.76. The molecule has 0 amide bonds. The predicted octanol–water partition coefficient (Wildman–Crippen LogP) is 5.25. The minimum atomic E-state index is -1.63. The molecule has 0 radical (unpaired) electrons. The Morgan fingerprint density at radius 1 is 0.837 bits per heavy atom. The summed E-state index contributed by atoms with van der Waals surface area (Å²) in [6.45, 7) is 15.3. The molecule has 0 fully saturated rings. The first-order chi connectivity index (χ1) is 23.3. The maximum Gasteiger partial charge on any atom is 0.305 e. The van der Waals surface area contributed by atoms with E-state index in [2.05, 4.69) is 89.7 Å². The van der Waals surface area contributed by atoms with E-state index < -0.39 is 14.2 Å². The van der Waals surface area contributed by atoms with E-state index >= 15 is 0 Å². The molecule has 264 valence electrons. The first-order valence-corrected chi connectivity index (χ1v) is 20.8. The summed E-state index contributed by atoms with van der Waals surface area (Å²) >= 11 is 0. The van der Waals surface area contributed by atoms with Gasteiger partial charge >= 0.3 is 5.97 Å². The molecule has 0 saturated heterocycles. The van der Waals surface area contributed by atoms with E-state index in [1.54, 1.807) is 4.68 Å². The molecular weight excluding hydrogens is 635 g/mol. The van der Waals surface area contributed by atoms with Gasteiger partial charge in [-0.15, -0.1) is 20.8 Å². The van der Waals surface area contributed by atoms with Gasteiger partial charge in [-0.25, -0.2) is 14.0 Å². The van der Waals surface area contributed by atoms with Crippen molar-refractivity contribution in [3.63, 3.8) is 0 Å². The quantitative estimate of drug-likeness (QED) is 0.0896. The average Bonchev–Trinajstić information content (AvgIpc) is 3.81. The smallest absolute Gasteiger partial charge is 0.305 e. The molecule has 3 heterocycles. The number of methoxy groups -OCH3 is 1. The van der Waals surface area contributed by atoms with Crippen LogP contribution in [0.3, 0.4) is 0 Å². The first kappa shape index (κ1) is 37.7. The van der Waals surface area contributed by atoms with Gasteiger partial charge in [-0.3, -0.25) is 4.79 Å². The van der Waals surface area contributed by atoms with Gasteiger partial charge in [0, 0.05) is 44.3 Å². The van der Waals surface area contributed by atoms with E-state index in [-0.39, 0.29) is 36.4 Å². The Labute approximate surface area is 291 Å². The van der Waals surface area contributed by atoms with Gasteiger partial charge in [0.25, 0.3) is 0 Å². The van der Waals surface area contributed by atoms with Crippen LogP contribution in [0.4, 0.5) is 0 Å². The van der Waals surface area contributed by atoms with Crippen LogP contribution in [-0.4, -0.2) is 77.3 Å². The summed E-state index contributed by atoms with van der Waals surface area (Å²) < 4.78 is 10.5. The lowest BCUT2D eigenvalue weighted by Crippen LogP contribution is -2.19. The molecule has 1 aromatic carbocycles. The van der Waals surface area contributed by atoms with Crippen LogP contribution in [0.5, 0.6) is 0 Å². The van der Waals surface area contributed by atoms with Crippen molar-refractivity contribution >= 4 is 14.0 Å². The van der Waals surface area contributed by atoms with Crippen molar-refractivity contribution in [1.82, 2.24) is 45.0 Å². The Morgan fingerprint density at radius 2 is 1.43 bits per heavy atom. The second-order valence-corrected chi connectivity index (χ2v) is 19.5. The predicted molar refractivity (Wildman–Crippen MR) is 191 cm³/mol. The number of carbonyl (C=O) groups excluding carboxylic acids is 1. The van der Waals surface area contributed by atoms with Crippen molar-refractivity contribution in [3.8, 4) is 11.5 Å². The number of ether oxygens (including phenoxy) is 1. The monoisotopic (exact) mass is 687 g/mol. The molecule has 3 aromatic heterocycles. The van der Waals surface area contributed by atoms with Gasteiger partial charge in [-0.05, 0) is 36.7 Å². The fraction of sp³-hybridized carbons (Fsp3) is 0.583. The molecule has 0 bridgehead atoms. The molecule has 0 unspecified atom stereocenters. The van der Waals surface area contributed by atoms with Gasteiger partial charge in [-0.2, -0.15) is 0 Å². The van der Waals surface area contributed by atoms with Gasteiger partial charge in [0.1, 0.15) is 14.1 Å². The zero-order valence-corrected chi connectivity index (χ0v) is 31.3. The highest BCUT2D eigenvalue weighted by molar-refractivity contribution is 6.83. The molecule has 4 atom stereocenters. The number of esters is 1. The van der Waals surface area contributed by atoms with E-state index in [9.17, 15) is 9.90 Å². The van der Waals surface area contributed by atoms with Crippen molar-refractivity contribution in [2.24, 2.45) is 11.8 Å². The normalized spacial score (nSPS) is 14.3. The largest absolute Gasteiger partial charge is 0.469 e. The summed E-state index contributed by atoms with van der Waals surface area (Å²) in [7, 11) is -0.233. The number of rotatable bonds is 17. The molecule has 0 spiro atoms. The Kier molecular flexibility index (Phi) is 13.4. The SMILES string of the molecule is COC(=O)CC[C@@H](C#C[Si](C)(C)C)n1cc(C[C@H](CC(C)C)n2cc(C[C@@H](C(C)C)n3cc(C[C@@H](O)Cc4ccccc4)nn3)nn2)nn1. The van der Waals surface area contributed by atoms with E-state index in [1.165, 1.54) is 7.11 Å². The Morgan fingerprint density at radius 3 is 2.06 bits per heavy atom. The van der Waals surface area contributed by atoms with Crippen LogP contribution in [0.15, 0.2) is 48.9 Å². The molecule has 4 rings (SSSR count). The van der Waals surface area contributed by atoms with Gasteiger partial charge < -0.3 is 9.84 Å². The third-order valence-electron chi connectivity index (χ3n) is 8.30. The number of nitrogens with zero attached hydrogens (tertiary/aromatic N) is 9. The maximum absolute atomic E-state index is 11.9. The molecule has 0 aliphatic heterocycles. The molecule has 4 aromatic rings. The highest BCUT2D eigenvalue weighted by Crippen LogP contribution is 2.25. The van der Waals surface area contributed by atoms with Crippen LogP contribution in [0, 0.1) is 23.3 Å². The minimum Gasteiger partial charge on any atom is -0.469 e. The van der Waals surface area contributed by atoms with Crippen LogP contribution in [0.2, 0.25) is 19.6 Å². The summed E-state index contributed by atoms with van der Waals surface area (Å²) in [5, 5.41) is 37.6. The van der Waals surface area contributed by atoms with E-state index in [4.69, 9.17) is 4.74 Å². The molecule has 1 N–H and O–H groups in total. The van der Waals surface area contributed by atoms with E-state index in [1.807, 2.05) is 58.3 Å². The zero-order chi connectivity index (χ0) is 35.6. The number of aromatic nitrogens is 9. The standard InChI is InChI=1S/C36H53N9O3Si/c1-26(2)18-33(20-29-23-43(40-37-29)32(14-15-36(47)48-5)16-17-49(6,7)8)44-24-31(39-41-44)22-35(27(3)4)45-25-30(38-42-45)21-34(46)19-28-12-10-9-11-13-28/h9-13,23-27,32-35,46H,14-15,18-22H2,1-8H3/t32-,33-,34-,35-/m0/s1. The molecule has 49 heavy (non-hydrogen) atoms. The van der Waals surface area contributed by atoms with Crippen LogP contribution in [-0.2, 0) is 35.2 Å². The van der Waals surface area contributed by atoms with Crippen molar-refractivity contribution in [3.05, 3.63) is 71.6 Å². The summed E-state index contributed by atoms with van der Waals surface area (Å²) in [4.78, 5) is 11.9. The van der Waals surface area contributed by atoms with Crippen LogP contribution in [0.25, 0.3) is 0 Å².